The van der Waals surface area contributed by atoms with Crippen LogP contribution < -0.4 is 10.1 Å². The number of nitrogens with one attached hydrogen (secondary N) is 1. The highest BCUT2D eigenvalue weighted by Crippen LogP contribution is 2.34. The number of halogens is 1. The lowest BCUT2D eigenvalue weighted by molar-refractivity contribution is 0.102. The average molecular weight is 489 g/mol. The number of nitrogens with zero attached hydrogens (tertiary/aromatic N) is 1. The number of hydrogen-bond acceptors (Lipinski definition) is 5. The number of anilines is 1. The number of carbonyl (C=O) groups is 1. The summed E-state index contributed by atoms with van der Waals surface area (Å²) in [5.74, 6) is -0.239. The van der Waals surface area contributed by atoms with Gasteiger partial charge in [-0.05, 0) is 60.9 Å². The van der Waals surface area contributed by atoms with Gasteiger partial charge >= 0.3 is 0 Å². The van der Waals surface area contributed by atoms with E-state index in [1.807, 2.05) is 18.4 Å². The second kappa shape index (κ2) is 10.8. The fourth-order valence-electron chi connectivity index (χ4n) is 3.22. The number of thioether (sulfide) groups is 1. The van der Waals surface area contributed by atoms with Crippen LogP contribution in [0.4, 0.5) is 10.1 Å². The van der Waals surface area contributed by atoms with E-state index in [-0.39, 0.29) is 16.3 Å². The van der Waals surface area contributed by atoms with Crippen LogP contribution in [0.15, 0.2) is 76.5 Å². The lowest BCUT2D eigenvalue weighted by Crippen LogP contribution is -2.30. The van der Waals surface area contributed by atoms with E-state index in [0.29, 0.717) is 24.4 Å². The van der Waals surface area contributed by atoms with Crippen molar-refractivity contribution in [3.05, 3.63) is 78.1 Å². The second-order valence-corrected chi connectivity index (χ2v) is 9.74. The molecule has 3 aromatic rings. The van der Waals surface area contributed by atoms with E-state index in [1.165, 1.54) is 58.5 Å². The van der Waals surface area contributed by atoms with Gasteiger partial charge in [-0.3, -0.25) is 4.79 Å². The highest BCUT2D eigenvalue weighted by atomic mass is 32.2. The highest BCUT2D eigenvalue weighted by Gasteiger charge is 2.24. The van der Waals surface area contributed by atoms with Crippen LogP contribution >= 0.6 is 11.8 Å². The zero-order valence-electron chi connectivity index (χ0n) is 18.5. The maximum absolute atomic E-state index is 13.3. The van der Waals surface area contributed by atoms with Crippen LogP contribution in [0.25, 0.3) is 0 Å². The standard InChI is InChI=1S/C24H25FN2O4S2/c1-4-27(5-2)33(29,30)19-14-15-22(31-18-12-10-17(25)11-13-18)21(16-19)26-24(28)20-8-6-7-9-23(20)32-3/h6-16H,4-5H2,1-3H3,(H,26,28). The molecule has 6 nitrogen and oxygen atoms in total. The summed E-state index contributed by atoms with van der Waals surface area (Å²) in [6.45, 7) is 4.15. The Morgan fingerprint density at radius 1 is 1.03 bits per heavy atom. The van der Waals surface area contributed by atoms with Gasteiger partial charge in [-0.15, -0.1) is 11.8 Å². The molecule has 1 amide bonds. The van der Waals surface area contributed by atoms with Crippen LogP contribution in [0.5, 0.6) is 11.5 Å². The molecular formula is C24H25FN2O4S2. The number of rotatable bonds is 9. The second-order valence-electron chi connectivity index (χ2n) is 6.96. The Bertz CT molecular complexity index is 1230. The quantitative estimate of drug-likeness (QED) is 0.396. The van der Waals surface area contributed by atoms with Crippen molar-refractivity contribution >= 4 is 33.4 Å². The van der Waals surface area contributed by atoms with Crippen molar-refractivity contribution in [2.75, 3.05) is 24.7 Å². The summed E-state index contributed by atoms with van der Waals surface area (Å²) in [6, 6.07) is 16.8. The Labute approximate surface area is 197 Å². The summed E-state index contributed by atoms with van der Waals surface area (Å²) in [5.41, 5.74) is 0.642. The Balaban J connectivity index is 2.04. The third-order valence-electron chi connectivity index (χ3n) is 4.94. The summed E-state index contributed by atoms with van der Waals surface area (Å²) >= 11 is 1.43. The number of carbonyl (C=O) groups excluding carboxylic acids is 1. The minimum atomic E-state index is -3.76. The van der Waals surface area contributed by atoms with Gasteiger partial charge in [-0.25, -0.2) is 12.8 Å². The van der Waals surface area contributed by atoms with Crippen LogP contribution in [0.1, 0.15) is 24.2 Å². The van der Waals surface area contributed by atoms with Crippen LogP contribution in [0, 0.1) is 5.82 Å². The molecule has 0 radical (unpaired) electrons. The van der Waals surface area contributed by atoms with Crippen molar-refractivity contribution in [2.45, 2.75) is 23.6 Å². The predicted molar refractivity (Wildman–Crippen MR) is 129 cm³/mol. The number of ether oxygens (including phenoxy) is 1. The smallest absolute Gasteiger partial charge is 0.256 e. The molecule has 3 aromatic carbocycles. The molecule has 0 fully saturated rings. The molecular weight excluding hydrogens is 463 g/mol. The lowest BCUT2D eigenvalue weighted by atomic mass is 10.2. The van der Waals surface area contributed by atoms with Gasteiger partial charge in [-0.1, -0.05) is 26.0 Å². The number of amides is 1. The summed E-state index contributed by atoms with van der Waals surface area (Å²) in [4.78, 5) is 13.9. The van der Waals surface area contributed by atoms with Gasteiger partial charge < -0.3 is 10.1 Å². The Hall–Kier alpha value is -2.88. The summed E-state index contributed by atoms with van der Waals surface area (Å²) in [6.07, 6.45) is 1.87. The molecule has 9 heteroatoms. The molecule has 0 saturated carbocycles. The van der Waals surface area contributed by atoms with Crippen molar-refractivity contribution < 1.29 is 22.3 Å². The summed E-state index contributed by atoms with van der Waals surface area (Å²) < 4.78 is 46.5. The zero-order chi connectivity index (χ0) is 24.0. The molecule has 0 atom stereocenters. The molecule has 0 heterocycles. The summed E-state index contributed by atoms with van der Waals surface area (Å²) in [5, 5.41) is 2.79. The topological polar surface area (TPSA) is 75.7 Å². The first-order valence-corrected chi connectivity index (χ1v) is 13.0. The summed E-state index contributed by atoms with van der Waals surface area (Å²) in [7, 11) is -3.76. The minimum Gasteiger partial charge on any atom is -0.455 e. The van der Waals surface area contributed by atoms with Crippen LogP contribution in [0.3, 0.4) is 0 Å². The van der Waals surface area contributed by atoms with E-state index in [9.17, 15) is 17.6 Å². The van der Waals surface area contributed by atoms with Crippen molar-refractivity contribution in [1.82, 2.24) is 4.31 Å². The Morgan fingerprint density at radius 2 is 1.70 bits per heavy atom. The van der Waals surface area contributed by atoms with Gasteiger partial charge in [0.15, 0.2) is 5.75 Å². The molecule has 0 aromatic heterocycles. The normalized spacial score (nSPS) is 11.4. The van der Waals surface area contributed by atoms with E-state index in [1.54, 1.807) is 26.0 Å². The van der Waals surface area contributed by atoms with E-state index in [2.05, 4.69) is 5.32 Å². The molecule has 174 valence electrons. The van der Waals surface area contributed by atoms with Gasteiger partial charge in [0.2, 0.25) is 10.0 Å². The first-order chi connectivity index (χ1) is 15.8. The number of sulfonamides is 1. The van der Waals surface area contributed by atoms with Gasteiger partial charge in [-0.2, -0.15) is 4.31 Å². The molecule has 0 unspecified atom stereocenters. The minimum absolute atomic E-state index is 0.0334. The third-order valence-corrected chi connectivity index (χ3v) is 7.78. The SMILES string of the molecule is CCN(CC)S(=O)(=O)c1ccc(Oc2ccc(F)cc2)c(NC(=O)c2ccccc2SC)c1. The van der Waals surface area contributed by atoms with Crippen LogP contribution in [-0.2, 0) is 10.0 Å². The zero-order valence-corrected chi connectivity index (χ0v) is 20.2. The molecule has 1 N–H and O–H groups in total. The van der Waals surface area contributed by atoms with E-state index in [4.69, 9.17) is 4.74 Å². The van der Waals surface area contributed by atoms with Crippen LogP contribution in [0.2, 0.25) is 0 Å². The molecule has 0 spiro atoms. The molecule has 0 saturated heterocycles. The Kier molecular flexibility index (Phi) is 8.12. The largest absolute Gasteiger partial charge is 0.455 e. The monoisotopic (exact) mass is 488 g/mol. The average Bonchev–Trinajstić information content (AvgIpc) is 2.82. The van der Waals surface area contributed by atoms with Crippen molar-refractivity contribution in [3.63, 3.8) is 0 Å². The molecule has 0 aliphatic rings. The number of hydrogen-bond donors (Lipinski definition) is 1. The van der Waals surface area contributed by atoms with Crippen LogP contribution in [-0.4, -0.2) is 38.0 Å². The first-order valence-electron chi connectivity index (χ1n) is 10.3. The van der Waals surface area contributed by atoms with E-state index in [0.717, 1.165) is 4.90 Å². The molecule has 33 heavy (non-hydrogen) atoms. The number of benzene rings is 3. The first kappa shape index (κ1) is 24.8. The fraction of sp³-hybridized carbons (Fsp3) is 0.208. The van der Waals surface area contributed by atoms with Gasteiger partial charge in [0.05, 0.1) is 16.1 Å². The molecule has 3 rings (SSSR count). The molecule has 0 bridgehead atoms. The van der Waals surface area contributed by atoms with E-state index >= 15 is 0 Å². The van der Waals surface area contributed by atoms with Gasteiger partial charge in [0, 0.05) is 18.0 Å². The highest BCUT2D eigenvalue weighted by molar-refractivity contribution is 7.98. The van der Waals surface area contributed by atoms with Crippen molar-refractivity contribution in [2.24, 2.45) is 0 Å². The molecule has 0 aliphatic heterocycles. The third kappa shape index (κ3) is 5.73. The maximum atomic E-state index is 13.3. The lowest BCUT2D eigenvalue weighted by Gasteiger charge is -2.20. The Morgan fingerprint density at radius 3 is 2.33 bits per heavy atom. The van der Waals surface area contributed by atoms with Crippen molar-refractivity contribution in [3.8, 4) is 11.5 Å². The van der Waals surface area contributed by atoms with Gasteiger partial charge in [0.1, 0.15) is 11.6 Å². The fourth-order valence-corrected chi connectivity index (χ4v) is 5.30. The van der Waals surface area contributed by atoms with Crippen molar-refractivity contribution in [1.29, 1.82) is 0 Å². The van der Waals surface area contributed by atoms with Gasteiger partial charge in [0.25, 0.3) is 5.91 Å². The predicted octanol–water partition coefficient (Wildman–Crippen LogP) is 5.62. The maximum Gasteiger partial charge on any atom is 0.256 e. The molecule has 0 aliphatic carbocycles. The van der Waals surface area contributed by atoms with E-state index < -0.39 is 21.7 Å².